The van der Waals surface area contributed by atoms with Crippen molar-refractivity contribution in [2.45, 2.75) is 12.2 Å². The second-order valence-corrected chi connectivity index (χ2v) is 3.50. The highest BCUT2D eigenvalue weighted by Gasteiger charge is 2.30. The number of nitrogens with two attached hydrogens (primary N) is 1. The van der Waals surface area contributed by atoms with Crippen LogP contribution in [0.1, 0.15) is 22.9 Å². The van der Waals surface area contributed by atoms with Gasteiger partial charge in [0.2, 0.25) is 0 Å². The molecule has 0 saturated carbocycles. The Labute approximate surface area is 94.6 Å². The minimum absolute atomic E-state index is 0.341. The van der Waals surface area contributed by atoms with E-state index in [-0.39, 0.29) is 0 Å². The molecule has 0 amide bonds. The van der Waals surface area contributed by atoms with Crippen LogP contribution in [0.3, 0.4) is 0 Å². The summed E-state index contributed by atoms with van der Waals surface area (Å²) in [6.45, 7) is 0. The van der Waals surface area contributed by atoms with Crippen LogP contribution in [0.5, 0.6) is 0 Å². The predicted molar refractivity (Wildman–Crippen MR) is 53.9 cm³/mol. The Hall–Kier alpha value is -1.89. The lowest BCUT2D eigenvalue weighted by Gasteiger charge is -2.12. The summed E-state index contributed by atoms with van der Waals surface area (Å²) >= 11 is 0. The number of aromatic nitrogens is 3. The first kappa shape index (κ1) is 11.6. The topological polar surface area (TPSA) is 67.6 Å². The quantitative estimate of drug-likeness (QED) is 0.844. The molecule has 0 spiro atoms. The van der Waals surface area contributed by atoms with Crippen LogP contribution in [0.2, 0.25) is 0 Å². The first-order valence-electron chi connectivity index (χ1n) is 4.77. The Morgan fingerprint density at radius 1 is 1.29 bits per heavy atom. The standard InChI is InChI=1S/C10H9F3N4/c11-10(12,13)7-3-1-2-6(4-7)9(14)8-5-15-17-16-8/h1-5,9H,14H2,(H,15,16,17). The lowest BCUT2D eigenvalue weighted by molar-refractivity contribution is -0.137. The molecule has 1 aromatic carbocycles. The van der Waals surface area contributed by atoms with Crippen LogP contribution in [0, 0.1) is 0 Å². The summed E-state index contributed by atoms with van der Waals surface area (Å²) in [4.78, 5) is 0. The van der Waals surface area contributed by atoms with E-state index in [9.17, 15) is 13.2 Å². The van der Waals surface area contributed by atoms with Gasteiger partial charge in [-0.2, -0.15) is 28.6 Å². The van der Waals surface area contributed by atoms with Crippen molar-refractivity contribution in [1.29, 1.82) is 0 Å². The fourth-order valence-electron chi connectivity index (χ4n) is 1.44. The number of hydrogen-bond acceptors (Lipinski definition) is 3. The molecular weight excluding hydrogens is 233 g/mol. The number of nitrogens with zero attached hydrogens (tertiary/aromatic N) is 2. The number of aromatic amines is 1. The summed E-state index contributed by atoms with van der Waals surface area (Å²) in [5.74, 6) is 0. The Bertz CT molecular complexity index is 493. The largest absolute Gasteiger partial charge is 0.416 e. The molecule has 90 valence electrons. The Kier molecular flexibility index (Phi) is 2.84. The van der Waals surface area contributed by atoms with Crippen molar-refractivity contribution in [3.05, 3.63) is 47.3 Å². The zero-order valence-electron chi connectivity index (χ0n) is 8.57. The molecule has 2 rings (SSSR count). The zero-order chi connectivity index (χ0) is 12.5. The van der Waals surface area contributed by atoms with E-state index >= 15 is 0 Å². The van der Waals surface area contributed by atoms with E-state index in [1.54, 1.807) is 0 Å². The van der Waals surface area contributed by atoms with E-state index in [1.807, 2.05) is 0 Å². The molecular formula is C10H9F3N4. The summed E-state index contributed by atoms with van der Waals surface area (Å²) in [6.07, 6.45) is -3.00. The van der Waals surface area contributed by atoms with Crippen molar-refractivity contribution in [2.75, 3.05) is 0 Å². The maximum Gasteiger partial charge on any atom is 0.416 e. The number of benzene rings is 1. The fraction of sp³-hybridized carbons (Fsp3) is 0.200. The van der Waals surface area contributed by atoms with E-state index in [1.165, 1.54) is 18.3 Å². The minimum Gasteiger partial charge on any atom is -0.319 e. The Morgan fingerprint density at radius 3 is 2.65 bits per heavy atom. The Morgan fingerprint density at radius 2 is 2.06 bits per heavy atom. The molecule has 0 fully saturated rings. The summed E-state index contributed by atoms with van der Waals surface area (Å²) in [7, 11) is 0. The summed E-state index contributed by atoms with van der Waals surface area (Å²) in [5.41, 5.74) is 5.79. The highest BCUT2D eigenvalue weighted by atomic mass is 19.4. The van der Waals surface area contributed by atoms with Crippen LogP contribution < -0.4 is 5.73 Å². The van der Waals surface area contributed by atoms with Crippen molar-refractivity contribution in [1.82, 2.24) is 15.4 Å². The zero-order valence-corrected chi connectivity index (χ0v) is 8.57. The van der Waals surface area contributed by atoms with E-state index in [4.69, 9.17) is 5.73 Å². The monoisotopic (exact) mass is 242 g/mol. The third-order valence-electron chi connectivity index (χ3n) is 2.33. The molecule has 7 heteroatoms. The number of alkyl halides is 3. The van der Waals surface area contributed by atoms with Gasteiger partial charge in [-0.05, 0) is 17.7 Å². The van der Waals surface area contributed by atoms with Gasteiger partial charge in [-0.1, -0.05) is 12.1 Å². The lowest BCUT2D eigenvalue weighted by Crippen LogP contribution is -2.14. The first-order chi connectivity index (χ1) is 7.98. The minimum atomic E-state index is -4.38. The van der Waals surface area contributed by atoms with Gasteiger partial charge in [0.15, 0.2) is 0 Å². The number of rotatable bonds is 2. The maximum absolute atomic E-state index is 12.5. The van der Waals surface area contributed by atoms with E-state index in [0.717, 1.165) is 12.1 Å². The predicted octanol–water partition coefficient (Wildman–Crippen LogP) is 1.87. The molecule has 17 heavy (non-hydrogen) atoms. The molecule has 1 unspecified atom stereocenters. The Balaban J connectivity index is 2.34. The van der Waals surface area contributed by atoms with Crippen molar-refractivity contribution >= 4 is 0 Å². The second kappa shape index (κ2) is 4.17. The maximum atomic E-state index is 12.5. The van der Waals surface area contributed by atoms with Gasteiger partial charge in [0.1, 0.15) is 5.69 Å². The highest BCUT2D eigenvalue weighted by molar-refractivity contribution is 5.31. The molecule has 1 aromatic heterocycles. The molecule has 0 saturated heterocycles. The normalized spacial score (nSPS) is 13.6. The smallest absolute Gasteiger partial charge is 0.319 e. The van der Waals surface area contributed by atoms with Gasteiger partial charge in [0.05, 0.1) is 17.8 Å². The molecule has 1 heterocycles. The average molecular weight is 242 g/mol. The van der Waals surface area contributed by atoms with Crippen molar-refractivity contribution in [3.8, 4) is 0 Å². The van der Waals surface area contributed by atoms with Crippen molar-refractivity contribution in [2.24, 2.45) is 5.73 Å². The van der Waals surface area contributed by atoms with Crippen LogP contribution in [-0.2, 0) is 6.18 Å². The van der Waals surface area contributed by atoms with Gasteiger partial charge in [-0.15, -0.1) is 0 Å². The van der Waals surface area contributed by atoms with Crippen molar-refractivity contribution in [3.63, 3.8) is 0 Å². The van der Waals surface area contributed by atoms with Gasteiger partial charge < -0.3 is 5.73 Å². The first-order valence-corrected chi connectivity index (χ1v) is 4.77. The van der Waals surface area contributed by atoms with Gasteiger partial charge >= 0.3 is 6.18 Å². The summed E-state index contributed by atoms with van der Waals surface area (Å²) < 4.78 is 37.5. The number of halogens is 3. The third-order valence-corrected chi connectivity index (χ3v) is 2.33. The van der Waals surface area contributed by atoms with Crippen LogP contribution >= 0.6 is 0 Å². The molecule has 0 radical (unpaired) electrons. The van der Waals surface area contributed by atoms with Gasteiger partial charge in [-0.3, -0.25) is 0 Å². The van der Waals surface area contributed by atoms with Crippen molar-refractivity contribution < 1.29 is 13.2 Å². The molecule has 2 aromatic rings. The van der Waals surface area contributed by atoms with Crippen LogP contribution in [0.15, 0.2) is 30.5 Å². The number of nitrogens with one attached hydrogen (secondary N) is 1. The lowest BCUT2D eigenvalue weighted by atomic mass is 10.0. The molecule has 1 atom stereocenters. The highest BCUT2D eigenvalue weighted by Crippen LogP contribution is 2.31. The molecule has 0 aliphatic rings. The molecule has 4 nitrogen and oxygen atoms in total. The number of hydrogen-bond donors (Lipinski definition) is 2. The van der Waals surface area contributed by atoms with E-state index in [0.29, 0.717) is 11.3 Å². The second-order valence-electron chi connectivity index (χ2n) is 3.50. The number of H-pyrrole nitrogens is 1. The SMILES string of the molecule is NC(c1cccc(C(F)(F)F)c1)c1cn[nH]n1. The van der Waals surface area contributed by atoms with Gasteiger partial charge in [-0.25, -0.2) is 0 Å². The third kappa shape index (κ3) is 2.44. The van der Waals surface area contributed by atoms with Gasteiger partial charge in [0.25, 0.3) is 0 Å². The summed E-state index contributed by atoms with van der Waals surface area (Å²) in [6, 6.07) is 4.13. The fourth-order valence-corrected chi connectivity index (χ4v) is 1.44. The molecule has 0 aliphatic heterocycles. The summed E-state index contributed by atoms with van der Waals surface area (Å²) in [5, 5.41) is 9.67. The van der Waals surface area contributed by atoms with Crippen LogP contribution in [-0.4, -0.2) is 15.4 Å². The molecule has 0 bridgehead atoms. The van der Waals surface area contributed by atoms with Gasteiger partial charge in [0, 0.05) is 0 Å². The molecule has 0 aliphatic carbocycles. The van der Waals surface area contributed by atoms with E-state index < -0.39 is 17.8 Å². The van der Waals surface area contributed by atoms with Crippen LogP contribution in [0.25, 0.3) is 0 Å². The van der Waals surface area contributed by atoms with E-state index in [2.05, 4.69) is 15.4 Å². The molecule has 3 N–H and O–H groups in total. The van der Waals surface area contributed by atoms with Crippen LogP contribution in [0.4, 0.5) is 13.2 Å². The average Bonchev–Trinajstić information content (AvgIpc) is 2.80.